The number of hydrogen-bond donors (Lipinski definition) is 0. The lowest BCUT2D eigenvalue weighted by molar-refractivity contribution is -0.141. The molecule has 164 valence electrons. The third-order valence-electron chi connectivity index (χ3n) is 4.60. The Morgan fingerprint density at radius 3 is 2.67 bits per heavy atom. The fourth-order valence-electron chi connectivity index (χ4n) is 2.93. The highest BCUT2D eigenvalue weighted by Crippen LogP contribution is 2.35. The highest BCUT2D eigenvalue weighted by Gasteiger charge is 2.31. The zero-order valence-corrected chi connectivity index (χ0v) is 19.4. The second-order valence-electron chi connectivity index (χ2n) is 6.83. The number of esters is 1. The van der Waals surface area contributed by atoms with E-state index in [2.05, 4.69) is 11.7 Å². The second kappa shape index (κ2) is 12.6. The molecular weight excluding hydrogens is 422 g/mol. The van der Waals surface area contributed by atoms with Crippen LogP contribution in [0, 0.1) is 0 Å². The first-order valence-electron chi connectivity index (χ1n) is 10.1. The zero-order chi connectivity index (χ0) is 21.9. The maximum absolute atomic E-state index is 12.7. The molecule has 0 aliphatic carbocycles. The van der Waals surface area contributed by atoms with Crippen molar-refractivity contribution >= 4 is 46.3 Å². The predicted octanol–water partition coefficient (Wildman–Crippen LogP) is 4.81. The Morgan fingerprint density at radius 2 is 1.97 bits per heavy atom. The summed E-state index contributed by atoms with van der Waals surface area (Å²) in [5.41, 5.74) is 0.834. The standard InChI is InChI=1S/C22H29NO5S2/c1-4-5-6-7-13-28-17-11-10-16(14-18(17)26-2)15-19-21(25)23(22(29)30-19)12-8-9-20(24)27-3/h10-11,14-15H,4-9,12-13H2,1-3H3/b19-15-. The van der Waals surface area contributed by atoms with Crippen LogP contribution < -0.4 is 9.47 Å². The fraction of sp³-hybridized carbons (Fsp3) is 0.500. The van der Waals surface area contributed by atoms with Crippen LogP contribution in [0.1, 0.15) is 51.0 Å². The molecule has 0 atom stereocenters. The molecule has 0 saturated carbocycles. The Kier molecular flexibility index (Phi) is 10.2. The molecule has 0 spiro atoms. The molecule has 0 aromatic heterocycles. The maximum Gasteiger partial charge on any atom is 0.305 e. The summed E-state index contributed by atoms with van der Waals surface area (Å²) in [6.45, 7) is 3.23. The molecule has 1 amide bonds. The van der Waals surface area contributed by atoms with Gasteiger partial charge in [-0.25, -0.2) is 0 Å². The fourth-order valence-corrected chi connectivity index (χ4v) is 4.24. The average Bonchev–Trinajstić information content (AvgIpc) is 3.01. The van der Waals surface area contributed by atoms with Crippen LogP contribution in [0.15, 0.2) is 23.1 Å². The number of thiocarbonyl (C=S) groups is 1. The van der Waals surface area contributed by atoms with E-state index in [0.29, 0.717) is 40.3 Å². The molecule has 1 heterocycles. The van der Waals surface area contributed by atoms with E-state index in [1.165, 1.54) is 36.6 Å². The molecule has 8 heteroatoms. The number of carbonyl (C=O) groups excluding carboxylic acids is 2. The van der Waals surface area contributed by atoms with Gasteiger partial charge in [-0.15, -0.1) is 0 Å². The molecule has 1 saturated heterocycles. The van der Waals surface area contributed by atoms with Gasteiger partial charge in [0.15, 0.2) is 11.5 Å². The van der Waals surface area contributed by atoms with Crippen molar-refractivity contribution in [1.29, 1.82) is 0 Å². The van der Waals surface area contributed by atoms with Crippen molar-refractivity contribution in [2.45, 2.75) is 45.4 Å². The molecule has 0 N–H and O–H groups in total. The number of nitrogens with zero attached hydrogens (tertiary/aromatic N) is 1. The molecule has 1 aromatic carbocycles. The van der Waals surface area contributed by atoms with Crippen LogP contribution in [0.4, 0.5) is 0 Å². The Labute approximate surface area is 187 Å². The van der Waals surface area contributed by atoms with Gasteiger partial charge in [-0.05, 0) is 36.6 Å². The number of benzene rings is 1. The van der Waals surface area contributed by atoms with E-state index in [4.69, 9.17) is 21.7 Å². The van der Waals surface area contributed by atoms with Crippen molar-refractivity contribution in [3.05, 3.63) is 28.7 Å². The van der Waals surface area contributed by atoms with Gasteiger partial charge in [0.1, 0.15) is 4.32 Å². The molecule has 1 aromatic rings. The Bertz CT molecular complexity index is 794. The summed E-state index contributed by atoms with van der Waals surface area (Å²) in [6, 6.07) is 5.61. The normalized spacial score (nSPS) is 15.0. The topological polar surface area (TPSA) is 65.1 Å². The first-order valence-corrected chi connectivity index (χ1v) is 11.4. The van der Waals surface area contributed by atoms with Crippen molar-refractivity contribution in [3.8, 4) is 11.5 Å². The van der Waals surface area contributed by atoms with Gasteiger partial charge in [0.05, 0.1) is 25.7 Å². The van der Waals surface area contributed by atoms with Crippen LogP contribution in [0.25, 0.3) is 6.08 Å². The molecular formula is C22H29NO5S2. The van der Waals surface area contributed by atoms with Crippen LogP contribution in [-0.4, -0.2) is 48.5 Å². The van der Waals surface area contributed by atoms with E-state index in [9.17, 15) is 9.59 Å². The van der Waals surface area contributed by atoms with Gasteiger partial charge in [-0.2, -0.15) is 0 Å². The average molecular weight is 452 g/mol. The van der Waals surface area contributed by atoms with Gasteiger partial charge in [-0.3, -0.25) is 14.5 Å². The van der Waals surface area contributed by atoms with Crippen LogP contribution in [0.2, 0.25) is 0 Å². The van der Waals surface area contributed by atoms with Crippen LogP contribution in [0.3, 0.4) is 0 Å². The molecule has 1 aliphatic rings. The van der Waals surface area contributed by atoms with E-state index < -0.39 is 0 Å². The minimum absolute atomic E-state index is 0.148. The number of thioether (sulfide) groups is 1. The van der Waals surface area contributed by atoms with Crippen LogP contribution in [0.5, 0.6) is 11.5 Å². The van der Waals surface area contributed by atoms with E-state index in [-0.39, 0.29) is 18.3 Å². The highest BCUT2D eigenvalue weighted by molar-refractivity contribution is 8.26. The minimum atomic E-state index is -0.296. The number of methoxy groups -OCH3 is 2. The highest BCUT2D eigenvalue weighted by atomic mass is 32.2. The second-order valence-corrected chi connectivity index (χ2v) is 8.51. The third-order valence-corrected chi connectivity index (χ3v) is 5.98. The molecule has 1 fully saturated rings. The van der Waals surface area contributed by atoms with Crippen LogP contribution in [-0.2, 0) is 14.3 Å². The lowest BCUT2D eigenvalue weighted by Crippen LogP contribution is -2.29. The van der Waals surface area contributed by atoms with E-state index in [1.807, 2.05) is 18.2 Å². The monoisotopic (exact) mass is 451 g/mol. The van der Waals surface area contributed by atoms with Crippen molar-refractivity contribution in [2.75, 3.05) is 27.4 Å². The molecule has 0 radical (unpaired) electrons. The lowest BCUT2D eigenvalue weighted by Gasteiger charge is -2.13. The number of rotatable bonds is 12. The van der Waals surface area contributed by atoms with Crippen molar-refractivity contribution in [2.24, 2.45) is 0 Å². The predicted molar refractivity (Wildman–Crippen MR) is 124 cm³/mol. The maximum atomic E-state index is 12.7. The summed E-state index contributed by atoms with van der Waals surface area (Å²) >= 11 is 6.59. The molecule has 0 unspecified atom stereocenters. The van der Waals surface area contributed by atoms with Gasteiger partial charge in [-0.1, -0.05) is 56.2 Å². The largest absolute Gasteiger partial charge is 0.493 e. The number of unbranched alkanes of at least 4 members (excludes halogenated alkanes) is 3. The van der Waals surface area contributed by atoms with E-state index >= 15 is 0 Å². The minimum Gasteiger partial charge on any atom is -0.493 e. The molecule has 30 heavy (non-hydrogen) atoms. The first-order chi connectivity index (χ1) is 14.5. The van der Waals surface area contributed by atoms with Gasteiger partial charge < -0.3 is 14.2 Å². The lowest BCUT2D eigenvalue weighted by atomic mass is 10.1. The molecule has 6 nitrogen and oxygen atoms in total. The third kappa shape index (κ3) is 7.02. The Balaban J connectivity index is 2.00. The summed E-state index contributed by atoms with van der Waals surface area (Å²) in [5, 5.41) is 0. The summed E-state index contributed by atoms with van der Waals surface area (Å²) in [5.74, 6) is 0.884. The summed E-state index contributed by atoms with van der Waals surface area (Å²) in [4.78, 5) is 26.0. The number of amides is 1. The van der Waals surface area contributed by atoms with E-state index in [1.54, 1.807) is 13.2 Å². The van der Waals surface area contributed by atoms with Crippen molar-refractivity contribution in [3.63, 3.8) is 0 Å². The van der Waals surface area contributed by atoms with Crippen molar-refractivity contribution < 1.29 is 23.8 Å². The van der Waals surface area contributed by atoms with Gasteiger partial charge in [0.2, 0.25) is 0 Å². The molecule has 1 aliphatic heterocycles. The van der Waals surface area contributed by atoms with Crippen LogP contribution >= 0.6 is 24.0 Å². The quantitative estimate of drug-likeness (QED) is 0.196. The summed E-state index contributed by atoms with van der Waals surface area (Å²) < 4.78 is 16.4. The first kappa shape index (κ1) is 24.2. The SMILES string of the molecule is CCCCCCOc1ccc(/C=C2\SC(=S)N(CCCC(=O)OC)C2=O)cc1OC. The Hall–Kier alpha value is -2.06. The van der Waals surface area contributed by atoms with Gasteiger partial charge in [0, 0.05) is 13.0 Å². The van der Waals surface area contributed by atoms with E-state index in [0.717, 1.165) is 18.4 Å². The van der Waals surface area contributed by atoms with Crippen molar-refractivity contribution in [1.82, 2.24) is 4.90 Å². The summed E-state index contributed by atoms with van der Waals surface area (Å²) in [7, 11) is 2.95. The number of hydrogen-bond acceptors (Lipinski definition) is 7. The summed E-state index contributed by atoms with van der Waals surface area (Å²) in [6.07, 6.45) is 7.12. The smallest absolute Gasteiger partial charge is 0.305 e. The molecule has 0 bridgehead atoms. The number of ether oxygens (including phenoxy) is 3. The molecule has 2 rings (SSSR count). The van der Waals surface area contributed by atoms with Gasteiger partial charge in [0.25, 0.3) is 5.91 Å². The zero-order valence-electron chi connectivity index (χ0n) is 17.8. The van der Waals surface area contributed by atoms with Gasteiger partial charge >= 0.3 is 5.97 Å². The Morgan fingerprint density at radius 1 is 1.17 bits per heavy atom. The number of carbonyl (C=O) groups is 2.